The van der Waals surface area contributed by atoms with Gasteiger partial charge in [-0.25, -0.2) is 9.97 Å². The van der Waals surface area contributed by atoms with Crippen molar-refractivity contribution in [1.82, 2.24) is 9.97 Å². The molecule has 0 bridgehead atoms. The van der Waals surface area contributed by atoms with Crippen LogP contribution in [0.25, 0.3) is 0 Å². The van der Waals surface area contributed by atoms with Crippen LogP contribution in [-0.4, -0.2) is 16.6 Å². The minimum Gasteiger partial charge on any atom is -0.494 e. The summed E-state index contributed by atoms with van der Waals surface area (Å²) in [7, 11) is 0. The first-order valence-electron chi connectivity index (χ1n) is 5.61. The monoisotopic (exact) mass is 264 g/mol. The van der Waals surface area contributed by atoms with Crippen LogP contribution < -0.4 is 9.47 Å². The molecule has 18 heavy (non-hydrogen) atoms. The van der Waals surface area contributed by atoms with Crippen LogP contribution >= 0.6 is 11.6 Å². The molecule has 0 saturated carbocycles. The maximum atomic E-state index is 5.70. The fourth-order valence-corrected chi connectivity index (χ4v) is 1.59. The second kappa shape index (κ2) is 6.21. The predicted molar refractivity (Wildman–Crippen MR) is 69.0 cm³/mol. The lowest BCUT2D eigenvalue weighted by Crippen LogP contribution is -1.99. The average molecular weight is 265 g/mol. The zero-order valence-corrected chi connectivity index (χ0v) is 10.7. The third kappa shape index (κ3) is 3.60. The molecule has 2 aromatic rings. The van der Waals surface area contributed by atoms with Gasteiger partial charge in [0.2, 0.25) is 5.28 Å². The van der Waals surface area contributed by atoms with Gasteiger partial charge in [0.05, 0.1) is 12.3 Å². The highest BCUT2D eigenvalue weighted by Crippen LogP contribution is 2.20. The van der Waals surface area contributed by atoms with Gasteiger partial charge in [-0.2, -0.15) is 0 Å². The summed E-state index contributed by atoms with van der Waals surface area (Å²) in [6, 6.07) is 9.24. The van der Waals surface area contributed by atoms with Crippen molar-refractivity contribution in [2.24, 2.45) is 0 Å². The summed E-state index contributed by atoms with van der Waals surface area (Å²) >= 11 is 5.70. The van der Waals surface area contributed by atoms with Gasteiger partial charge in [0.1, 0.15) is 18.1 Å². The van der Waals surface area contributed by atoms with Crippen LogP contribution in [0.1, 0.15) is 12.6 Å². The Hall–Kier alpha value is -1.81. The van der Waals surface area contributed by atoms with Crippen LogP contribution in [0.4, 0.5) is 0 Å². The zero-order chi connectivity index (χ0) is 12.8. The molecule has 0 amide bonds. The summed E-state index contributed by atoms with van der Waals surface area (Å²) in [5, 5.41) is 0.221. The largest absolute Gasteiger partial charge is 0.494 e. The van der Waals surface area contributed by atoms with Gasteiger partial charge < -0.3 is 9.47 Å². The zero-order valence-electron chi connectivity index (χ0n) is 9.97. The van der Waals surface area contributed by atoms with E-state index in [0.717, 1.165) is 17.2 Å². The molecule has 0 fully saturated rings. The van der Waals surface area contributed by atoms with Gasteiger partial charge in [-0.05, 0) is 36.7 Å². The average Bonchev–Trinajstić information content (AvgIpc) is 2.37. The minimum absolute atomic E-state index is 0.221. The highest BCUT2D eigenvalue weighted by atomic mass is 35.5. The van der Waals surface area contributed by atoms with E-state index in [2.05, 4.69) is 9.97 Å². The fourth-order valence-electron chi connectivity index (χ4n) is 1.43. The molecule has 1 aromatic heterocycles. The van der Waals surface area contributed by atoms with Crippen LogP contribution in [0.2, 0.25) is 5.28 Å². The van der Waals surface area contributed by atoms with E-state index in [-0.39, 0.29) is 5.28 Å². The smallest absolute Gasteiger partial charge is 0.222 e. The second-order valence-corrected chi connectivity index (χ2v) is 3.85. The minimum atomic E-state index is 0.221. The molecule has 0 unspecified atom stereocenters. The summed E-state index contributed by atoms with van der Waals surface area (Å²) in [4.78, 5) is 7.86. The molecule has 1 heterocycles. The van der Waals surface area contributed by atoms with Crippen molar-refractivity contribution in [3.63, 3.8) is 0 Å². The van der Waals surface area contributed by atoms with Gasteiger partial charge in [0.15, 0.2) is 0 Å². The molecule has 0 radical (unpaired) electrons. The fraction of sp³-hybridized carbons (Fsp3) is 0.231. The molecule has 2 rings (SSSR count). The molecule has 0 aliphatic rings. The second-order valence-electron chi connectivity index (χ2n) is 3.51. The van der Waals surface area contributed by atoms with Crippen LogP contribution in [-0.2, 0) is 6.61 Å². The van der Waals surface area contributed by atoms with E-state index < -0.39 is 0 Å². The van der Waals surface area contributed by atoms with E-state index in [1.165, 1.54) is 0 Å². The first-order valence-corrected chi connectivity index (χ1v) is 5.99. The van der Waals surface area contributed by atoms with E-state index in [1.807, 2.05) is 31.2 Å². The van der Waals surface area contributed by atoms with E-state index >= 15 is 0 Å². The third-order valence-electron chi connectivity index (χ3n) is 2.19. The van der Waals surface area contributed by atoms with Gasteiger partial charge in [0.25, 0.3) is 0 Å². The lowest BCUT2D eigenvalue weighted by molar-refractivity contribution is 0.295. The van der Waals surface area contributed by atoms with Gasteiger partial charge >= 0.3 is 0 Å². The number of hydrogen-bond donors (Lipinski definition) is 0. The van der Waals surface area contributed by atoms with Gasteiger partial charge in [-0.1, -0.05) is 6.07 Å². The molecule has 0 aliphatic heterocycles. The molecule has 0 atom stereocenters. The molecule has 94 valence electrons. The van der Waals surface area contributed by atoms with E-state index in [1.54, 1.807) is 12.3 Å². The van der Waals surface area contributed by atoms with Crippen molar-refractivity contribution in [3.05, 3.63) is 47.5 Å². The Bertz CT molecular complexity index is 520. The summed E-state index contributed by atoms with van der Waals surface area (Å²) in [6.45, 7) is 2.92. The van der Waals surface area contributed by atoms with Gasteiger partial charge in [-0.15, -0.1) is 0 Å². The summed E-state index contributed by atoms with van der Waals surface area (Å²) < 4.78 is 11.0. The molecule has 0 aliphatic carbocycles. The van der Waals surface area contributed by atoms with Crippen molar-refractivity contribution >= 4 is 11.6 Å². The van der Waals surface area contributed by atoms with E-state index in [0.29, 0.717) is 13.2 Å². The highest BCUT2D eigenvalue weighted by Gasteiger charge is 2.00. The van der Waals surface area contributed by atoms with Crippen molar-refractivity contribution in [3.8, 4) is 11.5 Å². The van der Waals surface area contributed by atoms with E-state index in [4.69, 9.17) is 21.1 Å². The summed E-state index contributed by atoms with van der Waals surface area (Å²) in [5.74, 6) is 1.52. The highest BCUT2D eigenvalue weighted by molar-refractivity contribution is 6.28. The number of rotatable bonds is 5. The molecule has 5 heteroatoms. The Kier molecular flexibility index (Phi) is 4.36. The molecular formula is C13H13ClN2O2. The maximum absolute atomic E-state index is 5.70. The molecule has 0 saturated heterocycles. The van der Waals surface area contributed by atoms with Crippen molar-refractivity contribution in [2.45, 2.75) is 13.5 Å². The van der Waals surface area contributed by atoms with Crippen molar-refractivity contribution in [1.29, 1.82) is 0 Å². The van der Waals surface area contributed by atoms with Crippen LogP contribution in [0.3, 0.4) is 0 Å². The number of ether oxygens (including phenoxy) is 2. The Morgan fingerprint density at radius 3 is 2.67 bits per heavy atom. The number of hydrogen-bond acceptors (Lipinski definition) is 4. The topological polar surface area (TPSA) is 44.2 Å². The number of halogens is 1. The SMILES string of the molecule is CCOc1cccc(OCc2ccnc(Cl)n2)c1. The Labute approximate surface area is 111 Å². The Morgan fingerprint density at radius 1 is 1.17 bits per heavy atom. The summed E-state index contributed by atoms with van der Waals surface area (Å²) in [6.07, 6.45) is 1.60. The van der Waals surface area contributed by atoms with Crippen molar-refractivity contribution in [2.75, 3.05) is 6.61 Å². The normalized spacial score (nSPS) is 10.1. The first kappa shape index (κ1) is 12.6. The van der Waals surface area contributed by atoms with Crippen LogP contribution in [0.15, 0.2) is 36.5 Å². The third-order valence-corrected chi connectivity index (χ3v) is 2.37. The lowest BCUT2D eigenvalue weighted by Gasteiger charge is -2.08. The van der Waals surface area contributed by atoms with Crippen LogP contribution in [0, 0.1) is 0 Å². The lowest BCUT2D eigenvalue weighted by atomic mass is 10.3. The first-order chi connectivity index (χ1) is 8.78. The molecule has 4 nitrogen and oxygen atoms in total. The van der Waals surface area contributed by atoms with E-state index in [9.17, 15) is 0 Å². The number of nitrogens with zero attached hydrogens (tertiary/aromatic N) is 2. The Balaban J connectivity index is 1.99. The van der Waals surface area contributed by atoms with Crippen LogP contribution in [0.5, 0.6) is 11.5 Å². The molecule has 1 aromatic carbocycles. The number of aromatic nitrogens is 2. The standard InChI is InChI=1S/C13H13ClN2O2/c1-2-17-11-4-3-5-12(8-11)18-9-10-6-7-15-13(14)16-10/h3-8H,2,9H2,1H3. The maximum Gasteiger partial charge on any atom is 0.222 e. The van der Waals surface area contributed by atoms with Crippen molar-refractivity contribution < 1.29 is 9.47 Å². The van der Waals surface area contributed by atoms with Gasteiger partial charge in [-0.3, -0.25) is 0 Å². The molecule has 0 N–H and O–H groups in total. The quantitative estimate of drug-likeness (QED) is 0.779. The predicted octanol–water partition coefficient (Wildman–Crippen LogP) is 3.11. The molecular weight excluding hydrogens is 252 g/mol. The summed E-state index contributed by atoms with van der Waals surface area (Å²) in [5.41, 5.74) is 0.733. The molecule has 0 spiro atoms. The number of benzene rings is 1. The van der Waals surface area contributed by atoms with Gasteiger partial charge in [0, 0.05) is 12.3 Å². The Morgan fingerprint density at radius 2 is 1.94 bits per heavy atom.